The average molecular weight is 373 g/mol. The number of nitrogens with zero attached hydrogens (tertiary/aromatic N) is 3. The first-order valence-electron chi connectivity index (χ1n) is 9.60. The number of amides is 1. The van der Waals surface area contributed by atoms with E-state index in [4.69, 9.17) is 4.74 Å². The predicted molar refractivity (Wildman–Crippen MR) is 99.0 cm³/mol. The molecule has 144 valence electrons. The molecular weight excluding hydrogens is 349 g/mol. The van der Waals surface area contributed by atoms with E-state index in [0.29, 0.717) is 48.9 Å². The minimum absolute atomic E-state index is 0.105. The maximum atomic E-state index is 13.4. The molecule has 2 fully saturated rings. The molecule has 2 saturated heterocycles. The number of carbonyl (C=O) groups excluding carboxylic acids is 1. The van der Waals surface area contributed by atoms with Gasteiger partial charge in [-0.05, 0) is 50.7 Å². The Labute approximate surface area is 156 Å². The maximum absolute atomic E-state index is 13.4. The molecule has 0 N–H and O–H groups in total. The summed E-state index contributed by atoms with van der Waals surface area (Å²) in [6.45, 7) is 4.43. The summed E-state index contributed by atoms with van der Waals surface area (Å²) < 4.78 is 20.6. The van der Waals surface area contributed by atoms with Gasteiger partial charge in [-0.25, -0.2) is 9.37 Å². The number of hydrogen-bond donors (Lipinski definition) is 0. The van der Waals surface area contributed by atoms with Crippen LogP contribution in [0.3, 0.4) is 0 Å². The molecular formula is C20H24FN3O3. The lowest BCUT2D eigenvalue weighted by Gasteiger charge is -2.33. The highest BCUT2D eigenvalue weighted by atomic mass is 19.1. The van der Waals surface area contributed by atoms with Crippen molar-refractivity contribution in [1.82, 2.24) is 14.5 Å². The monoisotopic (exact) mass is 373 g/mol. The standard InChI is InChI=1S/C20H24FN3O3/c1-13-22-17-11-15(21)4-5-16(17)19(25)24(13)12-14-6-8-23(9-7-14)20(26)18-3-2-10-27-18/h4-5,11,14,18H,2-3,6-10,12H2,1H3. The first kappa shape index (κ1) is 18.1. The summed E-state index contributed by atoms with van der Waals surface area (Å²) in [5.74, 6) is 0.620. The Morgan fingerprint density at radius 3 is 2.78 bits per heavy atom. The van der Waals surface area contributed by atoms with Gasteiger partial charge >= 0.3 is 0 Å². The fraction of sp³-hybridized carbons (Fsp3) is 0.550. The second-order valence-corrected chi connectivity index (χ2v) is 7.51. The van der Waals surface area contributed by atoms with E-state index in [1.54, 1.807) is 11.5 Å². The van der Waals surface area contributed by atoms with Gasteiger partial charge < -0.3 is 9.64 Å². The number of piperidine rings is 1. The molecule has 27 heavy (non-hydrogen) atoms. The molecule has 2 aromatic rings. The first-order valence-corrected chi connectivity index (χ1v) is 9.60. The summed E-state index contributed by atoms with van der Waals surface area (Å²) >= 11 is 0. The van der Waals surface area contributed by atoms with Gasteiger partial charge in [0.05, 0.1) is 10.9 Å². The highest BCUT2D eigenvalue weighted by molar-refractivity contribution is 5.81. The van der Waals surface area contributed by atoms with Gasteiger partial charge in [-0.15, -0.1) is 0 Å². The van der Waals surface area contributed by atoms with Crippen LogP contribution in [0.1, 0.15) is 31.5 Å². The Kier molecular flexibility index (Phi) is 4.95. The van der Waals surface area contributed by atoms with Crippen molar-refractivity contribution < 1.29 is 13.9 Å². The number of halogens is 1. The lowest BCUT2D eigenvalue weighted by molar-refractivity contribution is -0.142. The van der Waals surface area contributed by atoms with Crippen LogP contribution in [0.5, 0.6) is 0 Å². The van der Waals surface area contributed by atoms with Gasteiger partial charge in [0.25, 0.3) is 11.5 Å². The number of ether oxygens (including phenoxy) is 1. The largest absolute Gasteiger partial charge is 0.368 e. The maximum Gasteiger partial charge on any atom is 0.261 e. The molecule has 1 aromatic heterocycles. The molecule has 3 heterocycles. The summed E-state index contributed by atoms with van der Waals surface area (Å²) in [6.07, 6.45) is 3.21. The van der Waals surface area contributed by atoms with Crippen LogP contribution in [0.25, 0.3) is 10.9 Å². The van der Waals surface area contributed by atoms with Crippen molar-refractivity contribution in [3.05, 3.63) is 40.2 Å². The van der Waals surface area contributed by atoms with Crippen molar-refractivity contribution in [2.24, 2.45) is 5.92 Å². The molecule has 1 aromatic carbocycles. The van der Waals surface area contributed by atoms with E-state index < -0.39 is 5.82 Å². The molecule has 0 aliphatic carbocycles. The van der Waals surface area contributed by atoms with E-state index in [1.165, 1.54) is 18.2 Å². The van der Waals surface area contributed by atoms with E-state index in [2.05, 4.69) is 4.98 Å². The summed E-state index contributed by atoms with van der Waals surface area (Å²) in [6, 6.07) is 4.09. The molecule has 1 atom stereocenters. The highest BCUT2D eigenvalue weighted by Gasteiger charge is 2.31. The Morgan fingerprint density at radius 1 is 1.30 bits per heavy atom. The number of aryl methyl sites for hydroxylation is 1. The lowest BCUT2D eigenvalue weighted by atomic mass is 9.96. The number of fused-ring (bicyclic) bond motifs is 1. The fourth-order valence-corrected chi connectivity index (χ4v) is 4.09. The topological polar surface area (TPSA) is 64.4 Å². The van der Waals surface area contributed by atoms with Gasteiger partial charge in [0.15, 0.2) is 0 Å². The predicted octanol–water partition coefficient (Wildman–Crippen LogP) is 2.26. The van der Waals surface area contributed by atoms with Gasteiger partial charge in [-0.3, -0.25) is 14.2 Å². The molecule has 2 aliphatic rings. The molecule has 7 heteroatoms. The molecule has 0 bridgehead atoms. The van der Waals surface area contributed by atoms with Crippen molar-refractivity contribution in [3.8, 4) is 0 Å². The fourth-order valence-electron chi connectivity index (χ4n) is 4.09. The van der Waals surface area contributed by atoms with Crippen molar-refractivity contribution in [3.63, 3.8) is 0 Å². The van der Waals surface area contributed by atoms with Crippen molar-refractivity contribution >= 4 is 16.8 Å². The normalized spacial score (nSPS) is 21.1. The zero-order valence-corrected chi connectivity index (χ0v) is 15.5. The number of rotatable bonds is 3. The van der Waals surface area contributed by atoms with E-state index in [1.807, 2.05) is 4.90 Å². The lowest BCUT2D eigenvalue weighted by Crippen LogP contribution is -2.44. The minimum atomic E-state index is -0.394. The second-order valence-electron chi connectivity index (χ2n) is 7.51. The van der Waals surface area contributed by atoms with Crippen LogP contribution in [-0.2, 0) is 16.1 Å². The molecule has 4 rings (SSSR count). The Balaban J connectivity index is 1.45. The van der Waals surface area contributed by atoms with Gasteiger partial charge in [0.1, 0.15) is 17.7 Å². The minimum Gasteiger partial charge on any atom is -0.368 e. The van der Waals surface area contributed by atoms with E-state index in [-0.39, 0.29) is 17.6 Å². The molecule has 0 radical (unpaired) electrons. The molecule has 6 nitrogen and oxygen atoms in total. The smallest absolute Gasteiger partial charge is 0.261 e. The summed E-state index contributed by atoms with van der Waals surface area (Å²) in [4.78, 5) is 31.5. The van der Waals surface area contributed by atoms with E-state index in [9.17, 15) is 14.0 Å². The zero-order valence-electron chi connectivity index (χ0n) is 15.5. The average Bonchev–Trinajstić information content (AvgIpc) is 3.19. The van der Waals surface area contributed by atoms with Crippen LogP contribution in [0.4, 0.5) is 4.39 Å². The van der Waals surface area contributed by atoms with Crippen LogP contribution in [0.15, 0.2) is 23.0 Å². The number of benzene rings is 1. The SMILES string of the molecule is Cc1nc2cc(F)ccc2c(=O)n1CC1CCN(C(=O)C2CCCO2)CC1. The number of likely N-dealkylation sites (tertiary alicyclic amines) is 1. The number of aromatic nitrogens is 2. The summed E-state index contributed by atoms with van der Waals surface area (Å²) in [7, 11) is 0. The van der Waals surface area contributed by atoms with Gasteiger partial charge in [-0.2, -0.15) is 0 Å². The van der Waals surface area contributed by atoms with Crippen molar-refractivity contribution in [2.45, 2.75) is 45.3 Å². The van der Waals surface area contributed by atoms with Crippen LogP contribution in [0.2, 0.25) is 0 Å². The first-order chi connectivity index (χ1) is 13.0. The molecule has 0 saturated carbocycles. The number of carbonyl (C=O) groups is 1. The third-order valence-electron chi connectivity index (χ3n) is 5.68. The van der Waals surface area contributed by atoms with Crippen LogP contribution in [-0.4, -0.2) is 46.2 Å². The third kappa shape index (κ3) is 3.60. The molecule has 0 spiro atoms. The van der Waals surface area contributed by atoms with Crippen LogP contribution >= 0.6 is 0 Å². The number of hydrogen-bond acceptors (Lipinski definition) is 4. The van der Waals surface area contributed by atoms with Crippen molar-refractivity contribution in [2.75, 3.05) is 19.7 Å². The highest BCUT2D eigenvalue weighted by Crippen LogP contribution is 2.23. The summed E-state index contributed by atoms with van der Waals surface area (Å²) in [5, 5.41) is 0.438. The summed E-state index contributed by atoms with van der Waals surface area (Å²) in [5.41, 5.74) is 0.265. The quantitative estimate of drug-likeness (QED) is 0.828. The Morgan fingerprint density at radius 2 is 2.07 bits per heavy atom. The Bertz CT molecular complexity index is 913. The third-order valence-corrected chi connectivity index (χ3v) is 5.68. The molecule has 2 aliphatic heterocycles. The zero-order chi connectivity index (χ0) is 19.0. The Hall–Kier alpha value is -2.28. The van der Waals surface area contributed by atoms with Crippen molar-refractivity contribution in [1.29, 1.82) is 0 Å². The van der Waals surface area contributed by atoms with Gasteiger partial charge in [0, 0.05) is 32.3 Å². The van der Waals surface area contributed by atoms with Gasteiger partial charge in [-0.1, -0.05) is 0 Å². The van der Waals surface area contributed by atoms with E-state index >= 15 is 0 Å². The second kappa shape index (κ2) is 7.38. The molecule has 1 unspecified atom stereocenters. The van der Waals surface area contributed by atoms with Crippen LogP contribution < -0.4 is 5.56 Å². The van der Waals surface area contributed by atoms with Gasteiger partial charge in [0.2, 0.25) is 0 Å². The molecule has 1 amide bonds. The van der Waals surface area contributed by atoms with E-state index in [0.717, 1.165) is 25.7 Å². The van der Waals surface area contributed by atoms with Crippen LogP contribution in [0, 0.1) is 18.7 Å².